The highest BCUT2D eigenvalue weighted by atomic mass is 16.1. The van der Waals surface area contributed by atoms with Gasteiger partial charge in [-0.25, -0.2) is 0 Å². The van der Waals surface area contributed by atoms with E-state index in [-0.39, 0.29) is 5.92 Å². The number of piperidine rings is 1. The summed E-state index contributed by atoms with van der Waals surface area (Å²) in [7, 11) is 0. The van der Waals surface area contributed by atoms with E-state index < -0.39 is 0 Å². The summed E-state index contributed by atoms with van der Waals surface area (Å²) < 4.78 is 0. The van der Waals surface area contributed by atoms with Gasteiger partial charge < -0.3 is 10.2 Å². The van der Waals surface area contributed by atoms with Crippen molar-refractivity contribution in [2.75, 3.05) is 13.1 Å². The van der Waals surface area contributed by atoms with Gasteiger partial charge >= 0.3 is 0 Å². The summed E-state index contributed by atoms with van der Waals surface area (Å²) in [5.41, 5.74) is 2.20. The van der Waals surface area contributed by atoms with Gasteiger partial charge in [0.1, 0.15) is 0 Å². The molecule has 2 aliphatic carbocycles. The Morgan fingerprint density at radius 3 is 2.20 bits per heavy atom. The van der Waals surface area contributed by atoms with Gasteiger partial charge in [-0.1, -0.05) is 43.5 Å². The molecule has 3 nitrogen and oxygen atoms in total. The van der Waals surface area contributed by atoms with Crippen molar-refractivity contribution in [2.24, 2.45) is 5.92 Å². The van der Waals surface area contributed by atoms with Crippen molar-refractivity contribution < 1.29 is 4.79 Å². The average Bonchev–Trinajstić information content (AvgIpc) is 3.13. The first-order valence-electron chi connectivity index (χ1n) is 10.4. The monoisotopic (exact) mass is 340 g/mol. The van der Waals surface area contributed by atoms with E-state index in [4.69, 9.17) is 0 Å². The van der Waals surface area contributed by atoms with Crippen LogP contribution >= 0.6 is 0 Å². The van der Waals surface area contributed by atoms with Gasteiger partial charge in [0, 0.05) is 30.1 Å². The molecule has 1 aromatic rings. The number of ketones is 1. The first kappa shape index (κ1) is 17.2. The number of carbonyl (C=O) groups is 1. The number of nitrogens with zero attached hydrogens (tertiary/aromatic N) is 1. The minimum Gasteiger partial charge on any atom is -0.310 e. The van der Waals surface area contributed by atoms with Crippen molar-refractivity contribution in [1.29, 1.82) is 0 Å². The van der Waals surface area contributed by atoms with Gasteiger partial charge in [0.05, 0.1) is 0 Å². The SMILES string of the molecule is O=C(c1ccc(CNC2CCCC2)cc1)C1CCN(C2CCC2)CC1. The molecule has 0 unspecified atom stereocenters. The summed E-state index contributed by atoms with van der Waals surface area (Å²) >= 11 is 0. The molecule has 1 aromatic carbocycles. The summed E-state index contributed by atoms with van der Waals surface area (Å²) in [6, 6.07) is 9.89. The fourth-order valence-electron chi connectivity index (χ4n) is 4.69. The minimum absolute atomic E-state index is 0.235. The Morgan fingerprint density at radius 2 is 1.60 bits per heavy atom. The van der Waals surface area contributed by atoms with Gasteiger partial charge in [0.25, 0.3) is 0 Å². The summed E-state index contributed by atoms with van der Waals surface area (Å²) in [5, 5.41) is 3.65. The maximum Gasteiger partial charge on any atom is 0.166 e. The van der Waals surface area contributed by atoms with Crippen LogP contribution in [0.2, 0.25) is 0 Å². The molecule has 1 saturated heterocycles. The molecule has 0 radical (unpaired) electrons. The lowest BCUT2D eigenvalue weighted by Gasteiger charge is -2.41. The molecule has 136 valence electrons. The van der Waals surface area contributed by atoms with Crippen LogP contribution < -0.4 is 5.32 Å². The van der Waals surface area contributed by atoms with E-state index in [2.05, 4.69) is 22.3 Å². The second-order valence-corrected chi connectivity index (χ2v) is 8.32. The molecule has 3 fully saturated rings. The topological polar surface area (TPSA) is 32.3 Å². The molecule has 1 N–H and O–H groups in total. The second-order valence-electron chi connectivity index (χ2n) is 8.32. The zero-order valence-corrected chi connectivity index (χ0v) is 15.4. The average molecular weight is 341 g/mol. The molecule has 3 aliphatic rings. The van der Waals surface area contributed by atoms with Crippen molar-refractivity contribution in [3.8, 4) is 0 Å². The molecule has 0 atom stereocenters. The van der Waals surface area contributed by atoms with Crippen LogP contribution in [0.4, 0.5) is 0 Å². The largest absolute Gasteiger partial charge is 0.310 e. The third-order valence-electron chi connectivity index (χ3n) is 6.68. The van der Waals surface area contributed by atoms with Gasteiger partial charge in [-0.3, -0.25) is 4.79 Å². The molecule has 2 saturated carbocycles. The molecule has 1 aliphatic heterocycles. The lowest BCUT2D eigenvalue weighted by atomic mass is 9.85. The van der Waals surface area contributed by atoms with Crippen LogP contribution in [0.1, 0.15) is 73.7 Å². The van der Waals surface area contributed by atoms with Crippen molar-refractivity contribution in [3.05, 3.63) is 35.4 Å². The third kappa shape index (κ3) is 4.15. The van der Waals surface area contributed by atoms with Gasteiger partial charge in [-0.2, -0.15) is 0 Å². The van der Waals surface area contributed by atoms with E-state index in [9.17, 15) is 4.79 Å². The Hall–Kier alpha value is -1.19. The lowest BCUT2D eigenvalue weighted by molar-refractivity contribution is 0.0672. The molecule has 25 heavy (non-hydrogen) atoms. The van der Waals surface area contributed by atoms with E-state index in [0.717, 1.165) is 44.1 Å². The predicted octanol–water partition coefficient (Wildman–Crippen LogP) is 4.17. The standard InChI is InChI=1S/C22H32N2O/c25-22(19-12-14-24(15-13-19)21-6-3-7-21)18-10-8-17(9-11-18)16-23-20-4-1-2-5-20/h8-11,19-21,23H,1-7,12-16H2. The molecule has 0 bridgehead atoms. The van der Waals surface area contributed by atoms with Crippen molar-refractivity contribution in [2.45, 2.75) is 76.4 Å². The van der Waals surface area contributed by atoms with Gasteiger partial charge in [-0.05, 0) is 57.2 Å². The summed E-state index contributed by atoms with van der Waals surface area (Å²) in [6.07, 6.45) is 11.6. The first-order chi connectivity index (χ1) is 12.3. The Bertz CT molecular complexity index is 564. The van der Waals surface area contributed by atoms with Crippen LogP contribution in [0, 0.1) is 5.92 Å². The number of likely N-dealkylation sites (tertiary alicyclic amines) is 1. The van der Waals surface area contributed by atoms with Crippen LogP contribution in [-0.4, -0.2) is 35.9 Å². The maximum absolute atomic E-state index is 12.8. The number of rotatable bonds is 6. The van der Waals surface area contributed by atoms with E-state index in [1.165, 1.54) is 50.5 Å². The van der Waals surface area contributed by atoms with Crippen molar-refractivity contribution >= 4 is 5.78 Å². The van der Waals surface area contributed by atoms with E-state index in [0.29, 0.717) is 11.8 Å². The van der Waals surface area contributed by atoms with Crippen LogP contribution in [-0.2, 0) is 6.54 Å². The molecule has 4 rings (SSSR count). The Labute approximate surface area is 152 Å². The molecule has 0 aromatic heterocycles. The normalized spacial score (nSPS) is 23.7. The zero-order chi connectivity index (χ0) is 17.1. The Kier molecular flexibility index (Phi) is 5.52. The third-order valence-corrected chi connectivity index (χ3v) is 6.68. The molecule has 1 heterocycles. The Morgan fingerprint density at radius 1 is 0.920 bits per heavy atom. The molecule has 0 amide bonds. The number of hydrogen-bond donors (Lipinski definition) is 1. The number of benzene rings is 1. The molecular weight excluding hydrogens is 308 g/mol. The Balaban J connectivity index is 1.27. The quantitative estimate of drug-likeness (QED) is 0.789. The smallest absolute Gasteiger partial charge is 0.166 e. The van der Waals surface area contributed by atoms with Crippen LogP contribution in [0.25, 0.3) is 0 Å². The predicted molar refractivity (Wildman–Crippen MR) is 102 cm³/mol. The maximum atomic E-state index is 12.8. The number of hydrogen-bond acceptors (Lipinski definition) is 3. The second kappa shape index (κ2) is 8.01. The molecule has 3 heteroatoms. The summed E-state index contributed by atoms with van der Waals surface area (Å²) in [6.45, 7) is 3.16. The highest BCUT2D eigenvalue weighted by Gasteiger charge is 2.31. The van der Waals surface area contributed by atoms with Gasteiger partial charge in [0.15, 0.2) is 5.78 Å². The van der Waals surface area contributed by atoms with E-state index >= 15 is 0 Å². The van der Waals surface area contributed by atoms with Gasteiger partial charge in [-0.15, -0.1) is 0 Å². The zero-order valence-electron chi connectivity index (χ0n) is 15.4. The summed E-state index contributed by atoms with van der Waals surface area (Å²) in [4.78, 5) is 15.4. The van der Waals surface area contributed by atoms with E-state index in [1.54, 1.807) is 0 Å². The number of carbonyl (C=O) groups excluding carboxylic acids is 1. The van der Waals surface area contributed by atoms with Crippen LogP contribution in [0.5, 0.6) is 0 Å². The fraction of sp³-hybridized carbons (Fsp3) is 0.682. The number of nitrogens with one attached hydrogen (secondary N) is 1. The highest BCUT2D eigenvalue weighted by Crippen LogP contribution is 2.30. The minimum atomic E-state index is 0.235. The van der Waals surface area contributed by atoms with Crippen LogP contribution in [0.3, 0.4) is 0 Å². The first-order valence-corrected chi connectivity index (χ1v) is 10.4. The highest BCUT2D eigenvalue weighted by molar-refractivity contribution is 5.97. The molecule has 0 spiro atoms. The van der Waals surface area contributed by atoms with Crippen LogP contribution in [0.15, 0.2) is 24.3 Å². The molecular formula is C22H32N2O. The summed E-state index contributed by atoms with van der Waals surface area (Å²) in [5.74, 6) is 0.599. The van der Waals surface area contributed by atoms with E-state index in [1.807, 2.05) is 12.1 Å². The number of Topliss-reactive ketones (excluding diaryl/α,β-unsaturated/α-hetero) is 1. The fourth-order valence-corrected chi connectivity index (χ4v) is 4.69. The lowest BCUT2D eigenvalue weighted by Crippen LogP contribution is -2.45. The van der Waals surface area contributed by atoms with Crippen molar-refractivity contribution in [3.63, 3.8) is 0 Å². The van der Waals surface area contributed by atoms with Crippen molar-refractivity contribution in [1.82, 2.24) is 10.2 Å². The van der Waals surface area contributed by atoms with Gasteiger partial charge in [0.2, 0.25) is 0 Å².